The average Bonchev–Trinajstić information content (AvgIpc) is 2.93. The number of carbonyl (C=O) groups is 1. The molecule has 3 rings (SSSR count). The molecule has 1 aromatic heterocycles. The lowest BCUT2D eigenvalue weighted by molar-refractivity contribution is 0.0766. The normalized spacial score (nSPS) is 15.0. The molecule has 2 aromatic rings. The third-order valence-electron chi connectivity index (χ3n) is 4.07. The van der Waals surface area contributed by atoms with Crippen LogP contribution in [-0.2, 0) is 16.6 Å². The number of nitrogens with one attached hydrogen (secondary N) is 1. The summed E-state index contributed by atoms with van der Waals surface area (Å²) in [6.07, 6.45) is 2.18. The Morgan fingerprint density at radius 3 is 2.72 bits per heavy atom. The molecule has 0 radical (unpaired) electrons. The van der Waals surface area contributed by atoms with Gasteiger partial charge in [-0.1, -0.05) is 11.6 Å². The number of aryl methyl sites for hydroxylation is 1. The predicted octanol–water partition coefficient (Wildman–Crippen LogP) is 2.95. The van der Waals surface area contributed by atoms with Crippen molar-refractivity contribution in [3.63, 3.8) is 0 Å². The number of hydrogen-bond donors (Lipinski definition) is 1. The van der Waals surface area contributed by atoms with Gasteiger partial charge < -0.3 is 9.47 Å². The van der Waals surface area contributed by atoms with Crippen LogP contribution in [0.25, 0.3) is 0 Å². The van der Waals surface area contributed by atoms with Crippen LogP contribution >= 0.6 is 11.6 Å². The van der Waals surface area contributed by atoms with E-state index in [-0.39, 0.29) is 21.5 Å². The summed E-state index contributed by atoms with van der Waals surface area (Å²) < 4.78 is 42.3. The number of benzene rings is 1. The molecule has 0 saturated heterocycles. The van der Waals surface area contributed by atoms with Gasteiger partial charge in [-0.05, 0) is 37.6 Å². The zero-order chi connectivity index (χ0) is 18.2. The number of halogens is 2. The Labute approximate surface area is 150 Å². The van der Waals surface area contributed by atoms with E-state index in [4.69, 9.17) is 11.6 Å². The van der Waals surface area contributed by atoms with Crippen LogP contribution in [0.15, 0.2) is 35.4 Å². The van der Waals surface area contributed by atoms with Gasteiger partial charge in [-0.25, -0.2) is 12.8 Å². The molecule has 0 bridgehead atoms. The summed E-state index contributed by atoms with van der Waals surface area (Å²) in [5.74, 6) is -0.755. The molecular formula is C16H17ClFN3O3S. The second kappa shape index (κ2) is 6.68. The van der Waals surface area contributed by atoms with Crippen molar-refractivity contribution in [2.75, 3.05) is 17.8 Å². The summed E-state index contributed by atoms with van der Waals surface area (Å²) in [7, 11) is -3.95. The molecule has 134 valence electrons. The first kappa shape index (κ1) is 17.8. The number of amides is 1. The monoisotopic (exact) mass is 385 g/mol. The summed E-state index contributed by atoms with van der Waals surface area (Å²) in [5, 5.41) is -0.0439. The number of nitrogens with zero attached hydrogens (tertiary/aromatic N) is 2. The quantitative estimate of drug-likeness (QED) is 0.879. The number of aromatic nitrogens is 1. The third kappa shape index (κ3) is 3.50. The highest BCUT2D eigenvalue weighted by Crippen LogP contribution is 2.27. The number of sulfonamides is 1. The Balaban J connectivity index is 1.94. The van der Waals surface area contributed by atoms with Gasteiger partial charge in [-0.3, -0.25) is 9.52 Å². The number of anilines is 1. The van der Waals surface area contributed by atoms with E-state index in [9.17, 15) is 17.6 Å². The SMILES string of the molecule is CCN1CCCn2cc(S(=O)(=O)Nc3ccc(F)cc3Cl)cc2C1=O. The van der Waals surface area contributed by atoms with Gasteiger partial charge in [0.05, 0.1) is 10.7 Å². The van der Waals surface area contributed by atoms with E-state index < -0.39 is 15.8 Å². The second-order valence-corrected chi connectivity index (χ2v) is 7.81. The standard InChI is InChI=1S/C16H17ClFN3O3S/c1-2-20-6-3-7-21-10-12(9-15(21)16(20)22)25(23,24)19-14-5-4-11(18)8-13(14)17/h4-5,8-10,19H,2-3,6-7H2,1H3. The Morgan fingerprint density at radius 2 is 2.04 bits per heavy atom. The van der Waals surface area contributed by atoms with E-state index in [2.05, 4.69) is 4.72 Å². The third-order valence-corrected chi connectivity index (χ3v) is 5.72. The fourth-order valence-corrected chi connectivity index (χ4v) is 4.16. The molecule has 0 saturated carbocycles. The van der Waals surface area contributed by atoms with Crippen molar-refractivity contribution in [3.05, 3.63) is 47.0 Å². The van der Waals surface area contributed by atoms with Crippen molar-refractivity contribution in [2.45, 2.75) is 24.8 Å². The Bertz CT molecular complexity index is 927. The highest BCUT2D eigenvalue weighted by Gasteiger charge is 2.26. The summed E-state index contributed by atoms with van der Waals surface area (Å²) in [6, 6.07) is 4.74. The molecule has 1 aliphatic heterocycles. The molecular weight excluding hydrogens is 369 g/mol. The van der Waals surface area contributed by atoms with Gasteiger partial charge >= 0.3 is 0 Å². The van der Waals surface area contributed by atoms with Gasteiger partial charge in [-0.15, -0.1) is 0 Å². The minimum absolute atomic E-state index is 0.0332. The van der Waals surface area contributed by atoms with Gasteiger partial charge in [0.1, 0.15) is 16.4 Å². The molecule has 1 aliphatic rings. The van der Waals surface area contributed by atoms with E-state index in [1.165, 1.54) is 18.3 Å². The first-order valence-electron chi connectivity index (χ1n) is 7.79. The molecule has 0 spiro atoms. The van der Waals surface area contributed by atoms with E-state index >= 15 is 0 Å². The molecule has 2 heterocycles. The molecule has 1 N–H and O–H groups in total. The number of rotatable bonds is 4. The molecule has 1 amide bonds. The summed E-state index contributed by atoms with van der Waals surface area (Å²) in [6.45, 7) is 3.65. The molecule has 0 aliphatic carbocycles. The summed E-state index contributed by atoms with van der Waals surface area (Å²) in [4.78, 5) is 14.1. The predicted molar refractivity (Wildman–Crippen MR) is 92.8 cm³/mol. The van der Waals surface area contributed by atoms with Gasteiger partial charge in [0.25, 0.3) is 15.9 Å². The maximum atomic E-state index is 13.1. The summed E-state index contributed by atoms with van der Waals surface area (Å²) >= 11 is 5.87. The van der Waals surface area contributed by atoms with Crippen LogP contribution in [0.5, 0.6) is 0 Å². The van der Waals surface area contributed by atoms with Crippen LogP contribution in [-0.4, -0.2) is 36.9 Å². The van der Waals surface area contributed by atoms with Gasteiger partial charge in [0, 0.05) is 25.8 Å². The van der Waals surface area contributed by atoms with Crippen molar-refractivity contribution in [3.8, 4) is 0 Å². The van der Waals surface area contributed by atoms with Crippen molar-refractivity contribution in [1.29, 1.82) is 0 Å². The van der Waals surface area contributed by atoms with Crippen molar-refractivity contribution >= 4 is 33.2 Å². The van der Waals surface area contributed by atoms with E-state index in [0.717, 1.165) is 18.6 Å². The number of hydrogen-bond acceptors (Lipinski definition) is 3. The van der Waals surface area contributed by atoms with E-state index in [1.807, 2.05) is 6.92 Å². The zero-order valence-electron chi connectivity index (χ0n) is 13.5. The maximum absolute atomic E-state index is 13.1. The van der Waals surface area contributed by atoms with Gasteiger partial charge in [0.2, 0.25) is 0 Å². The van der Waals surface area contributed by atoms with Crippen LogP contribution in [0.4, 0.5) is 10.1 Å². The number of fused-ring (bicyclic) bond motifs is 1. The van der Waals surface area contributed by atoms with Crippen molar-refractivity contribution < 1.29 is 17.6 Å². The van der Waals surface area contributed by atoms with Crippen LogP contribution in [0, 0.1) is 5.82 Å². The molecule has 0 atom stereocenters. The fraction of sp³-hybridized carbons (Fsp3) is 0.312. The Kier molecular flexibility index (Phi) is 4.75. The highest BCUT2D eigenvalue weighted by molar-refractivity contribution is 7.92. The lowest BCUT2D eigenvalue weighted by atomic mass is 10.3. The fourth-order valence-electron chi connectivity index (χ4n) is 2.77. The zero-order valence-corrected chi connectivity index (χ0v) is 15.1. The van der Waals surface area contributed by atoms with Crippen LogP contribution in [0.2, 0.25) is 5.02 Å². The van der Waals surface area contributed by atoms with Crippen LogP contribution < -0.4 is 4.72 Å². The number of carbonyl (C=O) groups excluding carboxylic acids is 1. The molecule has 1 aromatic carbocycles. The average molecular weight is 386 g/mol. The molecule has 0 fully saturated rings. The van der Waals surface area contributed by atoms with Crippen molar-refractivity contribution in [1.82, 2.24) is 9.47 Å². The van der Waals surface area contributed by atoms with Crippen LogP contribution in [0.1, 0.15) is 23.8 Å². The second-order valence-electron chi connectivity index (χ2n) is 5.72. The van der Waals surface area contributed by atoms with Crippen molar-refractivity contribution in [2.24, 2.45) is 0 Å². The summed E-state index contributed by atoms with van der Waals surface area (Å²) in [5.41, 5.74) is 0.413. The maximum Gasteiger partial charge on any atom is 0.270 e. The smallest absolute Gasteiger partial charge is 0.270 e. The Morgan fingerprint density at radius 1 is 1.28 bits per heavy atom. The highest BCUT2D eigenvalue weighted by atomic mass is 35.5. The largest absolute Gasteiger partial charge is 0.342 e. The first-order valence-corrected chi connectivity index (χ1v) is 9.65. The molecule has 9 heteroatoms. The van der Waals surface area contributed by atoms with Crippen LogP contribution in [0.3, 0.4) is 0 Å². The van der Waals surface area contributed by atoms with E-state index in [1.54, 1.807) is 9.47 Å². The van der Waals surface area contributed by atoms with E-state index in [0.29, 0.717) is 25.3 Å². The minimum atomic E-state index is -3.95. The first-order chi connectivity index (χ1) is 11.8. The molecule has 25 heavy (non-hydrogen) atoms. The van der Waals surface area contributed by atoms with Gasteiger partial charge in [0.15, 0.2) is 0 Å². The lowest BCUT2D eigenvalue weighted by Gasteiger charge is -2.17. The Hall–Kier alpha value is -2.06. The topological polar surface area (TPSA) is 71.4 Å². The molecule has 6 nitrogen and oxygen atoms in total. The molecule has 0 unspecified atom stereocenters. The minimum Gasteiger partial charge on any atom is -0.342 e. The van der Waals surface area contributed by atoms with Gasteiger partial charge in [-0.2, -0.15) is 0 Å². The lowest BCUT2D eigenvalue weighted by Crippen LogP contribution is -2.30.